The van der Waals surface area contributed by atoms with E-state index in [4.69, 9.17) is 0 Å². The van der Waals surface area contributed by atoms with E-state index in [0.717, 1.165) is 19.5 Å². The van der Waals surface area contributed by atoms with Gasteiger partial charge in [-0.25, -0.2) is 0 Å². The third-order valence-corrected chi connectivity index (χ3v) is 4.59. The molecule has 3 N–H and O–H groups in total. The summed E-state index contributed by atoms with van der Waals surface area (Å²) in [7, 11) is 0. The smallest absolute Gasteiger partial charge is 0.251 e. The summed E-state index contributed by atoms with van der Waals surface area (Å²) in [5, 5.41) is 9.17. The van der Waals surface area contributed by atoms with Gasteiger partial charge in [-0.2, -0.15) is 0 Å². The van der Waals surface area contributed by atoms with Gasteiger partial charge in [0.05, 0.1) is 0 Å². The second kappa shape index (κ2) is 11.1. The average Bonchev–Trinajstić information content (AvgIpc) is 2.60. The molecule has 0 bridgehead atoms. The molecule has 2 rings (SSSR count). The summed E-state index contributed by atoms with van der Waals surface area (Å²) in [6.45, 7) is 6.90. The van der Waals surface area contributed by atoms with E-state index in [1.807, 2.05) is 13.0 Å². The van der Waals surface area contributed by atoms with Crippen molar-refractivity contribution in [2.24, 2.45) is 11.8 Å². The summed E-state index contributed by atoms with van der Waals surface area (Å²) in [5.41, 5.74) is 1.25. The van der Waals surface area contributed by atoms with Crippen LogP contribution in [0.15, 0.2) is 24.3 Å². The molecule has 0 spiro atoms. The number of nitrogens with one attached hydrogen (secondary N) is 3. The number of anilines is 1. The van der Waals surface area contributed by atoms with Gasteiger partial charge in [-0.05, 0) is 62.4 Å². The fourth-order valence-corrected chi connectivity index (χ4v) is 3.11. The molecule has 2 unspecified atom stereocenters. The molecule has 2 atom stereocenters. The number of piperidine rings is 1. The fraction of sp³-hybridized carbons (Fsp3) is 0.579. The zero-order valence-corrected chi connectivity index (χ0v) is 16.0. The first-order valence-electron chi connectivity index (χ1n) is 8.99. The van der Waals surface area contributed by atoms with Gasteiger partial charge < -0.3 is 16.0 Å². The fourth-order valence-electron chi connectivity index (χ4n) is 3.11. The summed E-state index contributed by atoms with van der Waals surface area (Å²) in [4.78, 5) is 24.3. The van der Waals surface area contributed by atoms with E-state index in [9.17, 15) is 9.59 Å². The second-order valence-corrected chi connectivity index (χ2v) is 6.67. The first-order chi connectivity index (χ1) is 11.6. The third-order valence-electron chi connectivity index (χ3n) is 4.59. The van der Waals surface area contributed by atoms with Crippen LogP contribution in [0.4, 0.5) is 5.69 Å². The first-order valence-corrected chi connectivity index (χ1v) is 8.99. The number of carbonyl (C=O) groups excluding carboxylic acids is 2. The van der Waals surface area contributed by atoms with Crippen molar-refractivity contribution < 1.29 is 9.59 Å². The van der Waals surface area contributed by atoms with E-state index in [1.54, 1.807) is 18.2 Å². The zero-order valence-electron chi connectivity index (χ0n) is 15.1. The van der Waals surface area contributed by atoms with Gasteiger partial charge in [0.1, 0.15) is 0 Å². The van der Waals surface area contributed by atoms with Crippen LogP contribution in [0.3, 0.4) is 0 Å². The highest BCUT2D eigenvalue weighted by molar-refractivity contribution is 5.97. The maximum absolute atomic E-state index is 12.3. The molecule has 25 heavy (non-hydrogen) atoms. The average molecular weight is 368 g/mol. The van der Waals surface area contributed by atoms with E-state index >= 15 is 0 Å². The van der Waals surface area contributed by atoms with Crippen LogP contribution in [0.1, 0.15) is 49.9 Å². The zero-order chi connectivity index (χ0) is 17.4. The van der Waals surface area contributed by atoms with E-state index < -0.39 is 0 Å². The molecular weight excluding hydrogens is 338 g/mol. The predicted octanol–water partition coefficient (Wildman–Crippen LogP) is 3.21. The normalized spacial score (nSPS) is 17.9. The Balaban J connectivity index is 0.00000312. The third kappa shape index (κ3) is 7.04. The molecule has 5 nitrogen and oxygen atoms in total. The Morgan fingerprint density at radius 3 is 2.84 bits per heavy atom. The molecule has 1 heterocycles. The quantitative estimate of drug-likeness (QED) is 0.693. The van der Waals surface area contributed by atoms with Gasteiger partial charge in [-0.15, -0.1) is 12.4 Å². The van der Waals surface area contributed by atoms with Gasteiger partial charge >= 0.3 is 0 Å². The van der Waals surface area contributed by atoms with Crippen molar-refractivity contribution in [3.63, 3.8) is 0 Å². The topological polar surface area (TPSA) is 70.2 Å². The molecule has 140 valence electrons. The molecule has 1 aliphatic rings. The predicted molar refractivity (Wildman–Crippen MR) is 104 cm³/mol. The van der Waals surface area contributed by atoms with Gasteiger partial charge in [-0.3, -0.25) is 9.59 Å². The van der Waals surface area contributed by atoms with Crippen LogP contribution in [0.5, 0.6) is 0 Å². The van der Waals surface area contributed by atoms with E-state index in [0.29, 0.717) is 36.1 Å². The minimum atomic E-state index is -0.102. The summed E-state index contributed by atoms with van der Waals surface area (Å²) in [6.07, 6.45) is 3.79. The Morgan fingerprint density at radius 2 is 2.16 bits per heavy atom. The van der Waals surface area contributed by atoms with Crippen molar-refractivity contribution in [3.8, 4) is 0 Å². The number of halogens is 1. The highest BCUT2D eigenvalue weighted by Gasteiger charge is 2.22. The van der Waals surface area contributed by atoms with Gasteiger partial charge in [0.15, 0.2) is 0 Å². The van der Waals surface area contributed by atoms with Crippen molar-refractivity contribution in [3.05, 3.63) is 29.8 Å². The first kappa shape index (κ1) is 21.5. The van der Waals surface area contributed by atoms with Gasteiger partial charge in [0, 0.05) is 24.2 Å². The van der Waals surface area contributed by atoms with Crippen LogP contribution in [0.25, 0.3) is 0 Å². The van der Waals surface area contributed by atoms with Crippen LogP contribution in [0.2, 0.25) is 0 Å². The second-order valence-electron chi connectivity index (χ2n) is 6.67. The van der Waals surface area contributed by atoms with E-state index in [-0.39, 0.29) is 24.2 Å². The van der Waals surface area contributed by atoms with E-state index in [1.165, 1.54) is 12.8 Å². The van der Waals surface area contributed by atoms with Crippen LogP contribution in [-0.4, -0.2) is 31.4 Å². The minimum Gasteiger partial charge on any atom is -0.352 e. The van der Waals surface area contributed by atoms with Crippen LogP contribution in [-0.2, 0) is 4.79 Å². The number of carbonyl (C=O) groups is 2. The maximum Gasteiger partial charge on any atom is 0.251 e. The molecule has 1 aliphatic heterocycles. The standard InChI is InChI=1S/C19H29N3O2.ClH/c1-3-9-21-19(24)15-6-4-8-17(12-15)22-18(23)11-14(2)16-7-5-10-20-13-16;/h4,6,8,12,14,16,20H,3,5,7,9-11,13H2,1-2H3,(H,21,24)(H,22,23);1H. The molecule has 1 aromatic carbocycles. The van der Waals surface area contributed by atoms with Crippen molar-refractivity contribution in [2.75, 3.05) is 25.0 Å². The molecular formula is C19H30ClN3O2. The Labute approximate surface area is 156 Å². The van der Waals surface area contributed by atoms with Gasteiger partial charge in [-0.1, -0.05) is 19.9 Å². The monoisotopic (exact) mass is 367 g/mol. The SMILES string of the molecule is CCCNC(=O)c1cccc(NC(=O)CC(C)C2CCCNC2)c1.Cl. The maximum atomic E-state index is 12.3. The minimum absolute atomic E-state index is 0. The summed E-state index contributed by atoms with van der Waals surface area (Å²) < 4.78 is 0. The van der Waals surface area contributed by atoms with Crippen molar-refractivity contribution in [1.29, 1.82) is 0 Å². The molecule has 0 aliphatic carbocycles. The van der Waals surface area contributed by atoms with Crippen LogP contribution in [0, 0.1) is 11.8 Å². The number of hydrogen-bond acceptors (Lipinski definition) is 3. The van der Waals surface area contributed by atoms with Crippen molar-refractivity contribution in [2.45, 2.75) is 39.5 Å². The highest BCUT2D eigenvalue weighted by atomic mass is 35.5. The molecule has 1 aromatic rings. The molecule has 0 radical (unpaired) electrons. The summed E-state index contributed by atoms with van der Waals surface area (Å²) in [5.74, 6) is 0.832. The van der Waals surface area contributed by atoms with Crippen LogP contribution < -0.4 is 16.0 Å². The summed E-state index contributed by atoms with van der Waals surface area (Å²) in [6, 6.07) is 7.11. The lowest BCUT2D eigenvalue weighted by Crippen LogP contribution is -2.34. The number of hydrogen-bond donors (Lipinski definition) is 3. The largest absolute Gasteiger partial charge is 0.352 e. The van der Waals surface area contributed by atoms with Crippen LogP contribution >= 0.6 is 12.4 Å². The molecule has 1 fully saturated rings. The highest BCUT2D eigenvalue weighted by Crippen LogP contribution is 2.23. The number of amides is 2. The van der Waals surface area contributed by atoms with Gasteiger partial charge in [0.25, 0.3) is 5.91 Å². The summed E-state index contributed by atoms with van der Waals surface area (Å²) >= 11 is 0. The number of benzene rings is 1. The van der Waals surface area contributed by atoms with Gasteiger partial charge in [0.2, 0.25) is 5.91 Å². The molecule has 0 aromatic heterocycles. The lowest BCUT2D eigenvalue weighted by Gasteiger charge is -2.28. The Morgan fingerprint density at radius 1 is 1.36 bits per heavy atom. The Kier molecular flexibility index (Phi) is 9.53. The van der Waals surface area contributed by atoms with Crippen molar-refractivity contribution >= 4 is 29.9 Å². The lowest BCUT2D eigenvalue weighted by atomic mass is 9.85. The number of rotatable bonds is 7. The van der Waals surface area contributed by atoms with E-state index in [2.05, 4.69) is 22.9 Å². The Bertz CT molecular complexity index is 559. The molecule has 1 saturated heterocycles. The lowest BCUT2D eigenvalue weighted by molar-refractivity contribution is -0.117. The van der Waals surface area contributed by atoms with Crippen molar-refractivity contribution in [1.82, 2.24) is 10.6 Å². The Hall–Kier alpha value is -1.59. The molecule has 2 amide bonds. The molecule has 6 heteroatoms. The molecule has 0 saturated carbocycles.